The van der Waals surface area contributed by atoms with E-state index in [4.69, 9.17) is 10.6 Å². The van der Waals surface area contributed by atoms with Crippen LogP contribution in [0.4, 0.5) is 5.13 Å². The van der Waals surface area contributed by atoms with Crippen LogP contribution in [0.1, 0.15) is 9.88 Å². The number of ether oxygens (including phenoxy) is 1. The average molecular weight is 256 g/mol. The van der Waals surface area contributed by atoms with Gasteiger partial charge in [0, 0.05) is 11.3 Å². The molecule has 0 atom stereocenters. The highest BCUT2D eigenvalue weighted by atomic mass is 32.1. The summed E-state index contributed by atoms with van der Waals surface area (Å²) in [6.45, 7) is 1.19. The molecule has 0 fully saturated rings. The van der Waals surface area contributed by atoms with Gasteiger partial charge in [-0.25, -0.2) is 5.84 Å². The zero-order chi connectivity index (χ0) is 11.2. The van der Waals surface area contributed by atoms with Crippen molar-refractivity contribution >= 4 is 27.8 Å². The number of aromatic nitrogens is 2. The van der Waals surface area contributed by atoms with Crippen LogP contribution in [0.25, 0.3) is 0 Å². The number of nitrogen functional groups attached to an aromatic ring is 1. The molecule has 2 heterocycles. The Morgan fingerprint density at radius 2 is 2.38 bits per heavy atom. The third kappa shape index (κ3) is 3.24. The molecule has 2 rings (SSSR count). The first kappa shape index (κ1) is 11.5. The third-order valence-electron chi connectivity index (χ3n) is 1.89. The summed E-state index contributed by atoms with van der Waals surface area (Å²) in [7, 11) is 0. The molecular formula is C9H12N4OS2. The quantitative estimate of drug-likeness (QED) is 0.467. The van der Waals surface area contributed by atoms with Crippen LogP contribution in [0.3, 0.4) is 0 Å². The van der Waals surface area contributed by atoms with E-state index in [0.717, 1.165) is 11.4 Å². The molecule has 3 N–H and O–H groups in total. The first-order valence-corrected chi connectivity index (χ1v) is 6.47. The molecule has 0 amide bonds. The van der Waals surface area contributed by atoms with Crippen LogP contribution in [0, 0.1) is 0 Å². The van der Waals surface area contributed by atoms with Gasteiger partial charge in [-0.3, -0.25) is 5.43 Å². The van der Waals surface area contributed by atoms with Crippen LogP contribution < -0.4 is 11.3 Å². The Balaban J connectivity index is 1.68. The van der Waals surface area contributed by atoms with Crippen molar-refractivity contribution < 1.29 is 4.74 Å². The van der Waals surface area contributed by atoms with E-state index >= 15 is 0 Å². The first-order valence-electron chi connectivity index (χ1n) is 4.77. The third-order valence-corrected chi connectivity index (χ3v) is 3.65. The number of nitrogens with one attached hydrogen (secondary N) is 1. The standard InChI is InChI=1S/C9H12N4OS2/c10-11-9-13-12-8(16-9)6-14-4-3-7-2-1-5-15-7/h1-2,5H,3-4,6,10H2,(H,11,13). The molecule has 0 spiro atoms. The summed E-state index contributed by atoms with van der Waals surface area (Å²) >= 11 is 3.15. The number of nitrogens with two attached hydrogens (primary N) is 1. The molecule has 0 saturated heterocycles. The Morgan fingerprint density at radius 3 is 3.06 bits per heavy atom. The lowest BCUT2D eigenvalue weighted by Gasteiger charge is -1.99. The maximum atomic E-state index is 5.50. The lowest BCUT2D eigenvalue weighted by Crippen LogP contribution is -2.05. The monoisotopic (exact) mass is 256 g/mol. The molecule has 2 aromatic rings. The maximum Gasteiger partial charge on any atom is 0.219 e. The predicted octanol–water partition coefficient (Wildman–Crippen LogP) is 1.64. The highest BCUT2D eigenvalue weighted by Gasteiger charge is 2.02. The van der Waals surface area contributed by atoms with Crippen molar-refractivity contribution in [3.05, 3.63) is 27.4 Å². The van der Waals surface area contributed by atoms with Crippen LogP contribution in [0.5, 0.6) is 0 Å². The predicted molar refractivity (Wildman–Crippen MR) is 65.4 cm³/mol. The SMILES string of the molecule is NNc1nnc(COCCc2cccs2)s1. The summed E-state index contributed by atoms with van der Waals surface area (Å²) in [5.41, 5.74) is 2.45. The fourth-order valence-corrected chi connectivity index (χ4v) is 2.44. The molecule has 2 aromatic heterocycles. The Labute approximate surface area is 101 Å². The summed E-state index contributed by atoms with van der Waals surface area (Å²) < 4.78 is 5.50. The topological polar surface area (TPSA) is 73.1 Å². The molecule has 86 valence electrons. The highest BCUT2D eigenvalue weighted by Crippen LogP contribution is 2.15. The zero-order valence-electron chi connectivity index (χ0n) is 8.55. The molecule has 0 aliphatic heterocycles. The summed E-state index contributed by atoms with van der Waals surface area (Å²) in [6, 6.07) is 4.15. The number of hydrazine groups is 1. The number of nitrogens with zero attached hydrogens (tertiary/aromatic N) is 2. The molecular weight excluding hydrogens is 244 g/mol. The molecule has 0 radical (unpaired) electrons. The molecule has 0 aliphatic carbocycles. The molecule has 0 bridgehead atoms. The molecule has 0 saturated carbocycles. The minimum atomic E-state index is 0.491. The van der Waals surface area contributed by atoms with E-state index in [-0.39, 0.29) is 0 Å². The van der Waals surface area contributed by atoms with Gasteiger partial charge in [0.15, 0.2) is 0 Å². The zero-order valence-corrected chi connectivity index (χ0v) is 10.2. The average Bonchev–Trinajstić information content (AvgIpc) is 2.95. The van der Waals surface area contributed by atoms with Gasteiger partial charge in [0.05, 0.1) is 6.61 Å². The molecule has 0 unspecified atom stereocenters. The Morgan fingerprint density at radius 1 is 1.44 bits per heavy atom. The van der Waals surface area contributed by atoms with E-state index < -0.39 is 0 Å². The molecule has 0 aliphatic rings. The van der Waals surface area contributed by atoms with Gasteiger partial charge in [0.1, 0.15) is 11.6 Å². The van der Waals surface area contributed by atoms with Crippen molar-refractivity contribution in [1.82, 2.24) is 10.2 Å². The smallest absolute Gasteiger partial charge is 0.219 e. The van der Waals surface area contributed by atoms with E-state index in [1.807, 2.05) is 6.07 Å². The number of rotatable bonds is 6. The summed E-state index contributed by atoms with van der Waals surface area (Å²) in [6.07, 6.45) is 0.943. The van der Waals surface area contributed by atoms with Crippen molar-refractivity contribution in [2.75, 3.05) is 12.0 Å². The van der Waals surface area contributed by atoms with Gasteiger partial charge in [0.2, 0.25) is 5.13 Å². The summed E-state index contributed by atoms with van der Waals surface area (Å²) in [5, 5.41) is 11.3. The Hall–Kier alpha value is -1.02. The van der Waals surface area contributed by atoms with E-state index in [0.29, 0.717) is 18.3 Å². The van der Waals surface area contributed by atoms with Gasteiger partial charge in [-0.05, 0) is 11.4 Å². The molecule has 16 heavy (non-hydrogen) atoms. The Kier molecular flexibility index (Phi) is 4.23. The van der Waals surface area contributed by atoms with E-state index in [2.05, 4.69) is 27.1 Å². The number of thiophene rings is 1. The van der Waals surface area contributed by atoms with Crippen molar-refractivity contribution in [1.29, 1.82) is 0 Å². The molecule has 5 nitrogen and oxygen atoms in total. The van der Waals surface area contributed by atoms with Crippen LogP contribution in [-0.2, 0) is 17.8 Å². The van der Waals surface area contributed by atoms with Gasteiger partial charge in [0.25, 0.3) is 0 Å². The highest BCUT2D eigenvalue weighted by molar-refractivity contribution is 7.15. The van der Waals surface area contributed by atoms with E-state index in [1.54, 1.807) is 11.3 Å². The second-order valence-corrected chi connectivity index (χ2v) is 5.12. The van der Waals surface area contributed by atoms with Crippen LogP contribution in [0.15, 0.2) is 17.5 Å². The lowest BCUT2D eigenvalue weighted by molar-refractivity contribution is 0.123. The fourth-order valence-electron chi connectivity index (χ4n) is 1.16. The van der Waals surface area contributed by atoms with Gasteiger partial charge >= 0.3 is 0 Å². The summed E-state index contributed by atoms with van der Waals surface area (Å²) in [4.78, 5) is 1.33. The minimum Gasteiger partial charge on any atom is -0.374 e. The molecule has 7 heteroatoms. The van der Waals surface area contributed by atoms with Crippen molar-refractivity contribution in [2.24, 2.45) is 5.84 Å². The second-order valence-electron chi connectivity index (χ2n) is 3.03. The number of hydrogen-bond acceptors (Lipinski definition) is 7. The van der Waals surface area contributed by atoms with Gasteiger partial charge in [-0.1, -0.05) is 17.4 Å². The Bertz CT molecular complexity index is 415. The van der Waals surface area contributed by atoms with Gasteiger partial charge in [-0.2, -0.15) is 0 Å². The second kappa shape index (κ2) is 5.90. The lowest BCUT2D eigenvalue weighted by atomic mass is 10.4. The van der Waals surface area contributed by atoms with Crippen LogP contribution in [-0.4, -0.2) is 16.8 Å². The summed E-state index contributed by atoms with van der Waals surface area (Å²) in [5.74, 6) is 5.20. The number of anilines is 1. The van der Waals surface area contributed by atoms with Crippen molar-refractivity contribution in [3.63, 3.8) is 0 Å². The van der Waals surface area contributed by atoms with Crippen molar-refractivity contribution in [2.45, 2.75) is 13.0 Å². The molecule has 0 aromatic carbocycles. The minimum absolute atomic E-state index is 0.491. The van der Waals surface area contributed by atoms with E-state index in [9.17, 15) is 0 Å². The van der Waals surface area contributed by atoms with Gasteiger partial charge < -0.3 is 4.74 Å². The van der Waals surface area contributed by atoms with Crippen molar-refractivity contribution in [3.8, 4) is 0 Å². The van der Waals surface area contributed by atoms with E-state index in [1.165, 1.54) is 16.2 Å². The van der Waals surface area contributed by atoms with Gasteiger partial charge in [-0.15, -0.1) is 21.5 Å². The van der Waals surface area contributed by atoms with Crippen LogP contribution in [0.2, 0.25) is 0 Å². The number of hydrogen-bond donors (Lipinski definition) is 2. The normalized spacial score (nSPS) is 10.6. The maximum absolute atomic E-state index is 5.50. The first-order chi connectivity index (χ1) is 7.88. The van der Waals surface area contributed by atoms with Crippen LogP contribution >= 0.6 is 22.7 Å². The fraction of sp³-hybridized carbons (Fsp3) is 0.333. The largest absolute Gasteiger partial charge is 0.374 e.